The molecule has 0 aliphatic carbocycles. The first-order valence-electron chi connectivity index (χ1n) is 6.32. The Balaban J connectivity index is 0.00000121. The topological polar surface area (TPSA) is 9.23 Å². The van der Waals surface area contributed by atoms with E-state index in [4.69, 9.17) is 4.74 Å². The summed E-state index contributed by atoms with van der Waals surface area (Å²) in [4.78, 5) is 0. The largest absolute Gasteiger partial charge is 0.462 e. The molecule has 0 saturated heterocycles. The number of ether oxygens (including phenoxy) is 1. The molecule has 0 aliphatic heterocycles. The highest BCUT2D eigenvalue weighted by molar-refractivity contribution is 5.29. The average Bonchev–Trinajstić information content (AvgIpc) is 2.32. The minimum Gasteiger partial charge on any atom is -0.462 e. The summed E-state index contributed by atoms with van der Waals surface area (Å²) in [6, 6.07) is 8.07. The van der Waals surface area contributed by atoms with E-state index in [2.05, 4.69) is 26.5 Å². The molecule has 0 bridgehead atoms. The second-order valence-electron chi connectivity index (χ2n) is 3.54. The number of hydrogen-bond acceptors (Lipinski definition) is 1. The van der Waals surface area contributed by atoms with Crippen molar-refractivity contribution in [3.63, 3.8) is 0 Å². The van der Waals surface area contributed by atoms with Crippen molar-refractivity contribution in [1.29, 1.82) is 0 Å². The lowest BCUT2D eigenvalue weighted by Crippen LogP contribution is -1.94. The van der Waals surface area contributed by atoms with E-state index in [1.807, 2.05) is 38.1 Å². The second kappa shape index (κ2) is 9.71. The van der Waals surface area contributed by atoms with Gasteiger partial charge in [0.05, 0.1) is 0 Å². The molecule has 1 nitrogen and oxygen atoms in total. The smallest absolute Gasteiger partial charge is 0.127 e. The maximum atomic E-state index is 5.77. The van der Waals surface area contributed by atoms with Gasteiger partial charge in [-0.1, -0.05) is 45.6 Å². The van der Waals surface area contributed by atoms with Crippen LogP contribution in [-0.2, 0) is 0 Å². The molecule has 0 fully saturated rings. The van der Waals surface area contributed by atoms with Crippen LogP contribution >= 0.6 is 0 Å². The van der Waals surface area contributed by atoms with Gasteiger partial charge in [0.1, 0.15) is 11.5 Å². The van der Waals surface area contributed by atoms with Gasteiger partial charge in [-0.2, -0.15) is 0 Å². The van der Waals surface area contributed by atoms with Gasteiger partial charge in [-0.05, 0) is 37.1 Å². The maximum absolute atomic E-state index is 5.77. The molecule has 1 aromatic carbocycles. The minimum atomic E-state index is 0.900. The van der Waals surface area contributed by atoms with Gasteiger partial charge < -0.3 is 4.74 Å². The highest BCUT2D eigenvalue weighted by atomic mass is 16.5. The lowest BCUT2D eigenvalue weighted by molar-refractivity contribution is 0.401. The molecule has 1 rings (SSSR count). The third kappa shape index (κ3) is 6.62. The Morgan fingerprint density at radius 2 is 2.06 bits per heavy atom. The number of hydrogen-bond donors (Lipinski definition) is 0. The monoisotopic (exact) mass is 232 g/mol. The molecule has 0 radical (unpaired) electrons. The van der Waals surface area contributed by atoms with Gasteiger partial charge >= 0.3 is 0 Å². The Hall–Kier alpha value is -1.50. The van der Waals surface area contributed by atoms with Crippen LogP contribution in [0.3, 0.4) is 0 Å². The van der Waals surface area contributed by atoms with Crippen molar-refractivity contribution in [2.75, 3.05) is 0 Å². The lowest BCUT2D eigenvalue weighted by Gasteiger charge is -2.09. The maximum Gasteiger partial charge on any atom is 0.127 e. The molecule has 0 atom stereocenters. The van der Waals surface area contributed by atoms with E-state index in [0.29, 0.717) is 0 Å². The molecule has 0 spiro atoms. The number of allylic oxidation sites excluding steroid dienone is 3. The van der Waals surface area contributed by atoms with Gasteiger partial charge in [0.25, 0.3) is 0 Å². The summed E-state index contributed by atoms with van der Waals surface area (Å²) in [5.74, 6) is 1.87. The molecule has 17 heavy (non-hydrogen) atoms. The Bertz CT molecular complexity index is 350. The molecule has 0 unspecified atom stereocenters. The summed E-state index contributed by atoms with van der Waals surface area (Å²) < 4.78 is 5.77. The van der Waals surface area contributed by atoms with E-state index in [0.717, 1.165) is 24.4 Å². The van der Waals surface area contributed by atoms with Gasteiger partial charge in [0, 0.05) is 6.42 Å². The summed E-state index contributed by atoms with van der Waals surface area (Å²) in [5, 5.41) is 0. The Labute approximate surface area is 106 Å². The van der Waals surface area contributed by atoms with E-state index in [1.165, 1.54) is 5.56 Å². The van der Waals surface area contributed by atoms with Crippen molar-refractivity contribution in [1.82, 2.24) is 0 Å². The van der Waals surface area contributed by atoms with Gasteiger partial charge in [-0.15, -0.1) is 0 Å². The Morgan fingerprint density at radius 3 is 2.59 bits per heavy atom. The van der Waals surface area contributed by atoms with Crippen LogP contribution in [-0.4, -0.2) is 0 Å². The van der Waals surface area contributed by atoms with E-state index in [9.17, 15) is 0 Å². The molecule has 1 aromatic rings. The molecular formula is C16H24O. The molecule has 94 valence electrons. The van der Waals surface area contributed by atoms with Crippen LogP contribution in [0, 0.1) is 6.92 Å². The highest BCUT2D eigenvalue weighted by Gasteiger charge is 1.98. The van der Waals surface area contributed by atoms with Crippen LogP contribution in [0.5, 0.6) is 5.75 Å². The zero-order valence-corrected chi connectivity index (χ0v) is 11.5. The summed E-state index contributed by atoms with van der Waals surface area (Å²) in [6.07, 6.45) is 5.71. The van der Waals surface area contributed by atoms with E-state index >= 15 is 0 Å². The first kappa shape index (κ1) is 15.5. The van der Waals surface area contributed by atoms with E-state index < -0.39 is 0 Å². The fraction of sp³-hybridized carbons (Fsp3) is 0.375. The normalized spacial score (nSPS) is 10.2. The van der Waals surface area contributed by atoms with Crippen molar-refractivity contribution >= 4 is 0 Å². The lowest BCUT2D eigenvalue weighted by atomic mass is 10.2. The second-order valence-corrected chi connectivity index (χ2v) is 3.54. The van der Waals surface area contributed by atoms with Crippen LogP contribution in [0.2, 0.25) is 0 Å². The van der Waals surface area contributed by atoms with Crippen molar-refractivity contribution in [2.24, 2.45) is 0 Å². The molecule has 0 heterocycles. The molecule has 0 N–H and O–H groups in total. The quantitative estimate of drug-likeness (QED) is 0.496. The molecular weight excluding hydrogens is 208 g/mol. The Morgan fingerprint density at radius 1 is 1.35 bits per heavy atom. The van der Waals surface area contributed by atoms with Crippen LogP contribution in [0.1, 0.15) is 39.2 Å². The van der Waals surface area contributed by atoms with E-state index in [1.54, 1.807) is 6.08 Å². The number of rotatable bonds is 5. The molecule has 0 aliphatic rings. The third-order valence-electron chi connectivity index (χ3n) is 2.04. The van der Waals surface area contributed by atoms with Gasteiger partial charge in [-0.25, -0.2) is 0 Å². The van der Waals surface area contributed by atoms with Crippen LogP contribution < -0.4 is 4.74 Å². The SMILES string of the molecule is C=C/C=C(\CCC)Oc1cccc(C)c1.CC. The van der Waals surface area contributed by atoms with Gasteiger partial charge in [0.15, 0.2) is 0 Å². The minimum absolute atomic E-state index is 0.900. The first-order chi connectivity index (χ1) is 8.26. The van der Waals surface area contributed by atoms with Gasteiger partial charge in [0.2, 0.25) is 0 Å². The van der Waals surface area contributed by atoms with Crippen molar-refractivity contribution in [3.05, 3.63) is 54.3 Å². The Kier molecular flexibility index (Phi) is 8.85. The van der Waals surface area contributed by atoms with Crippen molar-refractivity contribution < 1.29 is 4.74 Å². The number of aryl methyl sites for hydroxylation is 1. The zero-order valence-electron chi connectivity index (χ0n) is 11.5. The summed E-state index contributed by atoms with van der Waals surface area (Å²) in [7, 11) is 0. The van der Waals surface area contributed by atoms with E-state index in [-0.39, 0.29) is 0 Å². The summed E-state index contributed by atoms with van der Waals surface area (Å²) in [6.45, 7) is 11.9. The highest BCUT2D eigenvalue weighted by Crippen LogP contribution is 2.17. The fourth-order valence-corrected chi connectivity index (χ4v) is 1.38. The van der Waals surface area contributed by atoms with Crippen LogP contribution in [0.25, 0.3) is 0 Å². The fourth-order valence-electron chi connectivity index (χ4n) is 1.38. The summed E-state index contributed by atoms with van der Waals surface area (Å²) >= 11 is 0. The van der Waals surface area contributed by atoms with Crippen molar-refractivity contribution in [3.8, 4) is 5.75 Å². The van der Waals surface area contributed by atoms with Crippen molar-refractivity contribution in [2.45, 2.75) is 40.5 Å². The van der Waals surface area contributed by atoms with Gasteiger partial charge in [-0.3, -0.25) is 0 Å². The average molecular weight is 232 g/mol. The van der Waals surface area contributed by atoms with Crippen LogP contribution in [0.4, 0.5) is 0 Å². The molecule has 1 heteroatoms. The van der Waals surface area contributed by atoms with Crippen LogP contribution in [0.15, 0.2) is 48.8 Å². The predicted octanol–water partition coefficient (Wildman–Crippen LogP) is 5.27. The molecule has 0 saturated carbocycles. The molecule has 0 aromatic heterocycles. The molecule has 0 amide bonds. The standard InChI is InChI=1S/C14H18O.C2H6/c1-4-7-13(8-5-2)15-14-10-6-9-12(3)11-14;1-2/h4,6-7,9-11H,1,5,8H2,2-3H3;1-2H3/b13-7+;. The third-order valence-corrected chi connectivity index (χ3v) is 2.04. The summed E-state index contributed by atoms with van der Waals surface area (Å²) in [5.41, 5.74) is 1.21. The first-order valence-corrected chi connectivity index (χ1v) is 6.32. The zero-order chi connectivity index (χ0) is 13.1. The predicted molar refractivity (Wildman–Crippen MR) is 76.3 cm³/mol. The number of benzene rings is 1.